The molecule has 2 aromatic carbocycles. The minimum atomic E-state index is 0.163. The third-order valence-corrected chi connectivity index (χ3v) is 8.12. The van der Waals surface area contributed by atoms with Crippen molar-refractivity contribution in [2.24, 2.45) is 16.3 Å². The molecule has 4 nitrogen and oxygen atoms in total. The van der Waals surface area contributed by atoms with Crippen molar-refractivity contribution in [1.82, 2.24) is 5.43 Å². The Morgan fingerprint density at radius 1 is 1.13 bits per heavy atom. The zero-order chi connectivity index (χ0) is 21.0. The summed E-state index contributed by atoms with van der Waals surface area (Å²) < 4.78 is 0. The van der Waals surface area contributed by atoms with Gasteiger partial charge in [-0.25, -0.2) is 0 Å². The number of nitrogens with two attached hydrogens (primary N) is 1. The molecule has 0 aromatic heterocycles. The van der Waals surface area contributed by atoms with Crippen molar-refractivity contribution in [3.63, 3.8) is 0 Å². The van der Waals surface area contributed by atoms with Crippen molar-refractivity contribution in [2.45, 2.75) is 50.5 Å². The van der Waals surface area contributed by atoms with Crippen molar-refractivity contribution >= 4 is 17.0 Å². The fourth-order valence-corrected chi connectivity index (χ4v) is 6.00. The highest BCUT2D eigenvalue weighted by atomic mass is 15.3. The van der Waals surface area contributed by atoms with E-state index in [2.05, 4.69) is 64.5 Å². The lowest BCUT2D eigenvalue weighted by molar-refractivity contribution is 0.187. The summed E-state index contributed by atoms with van der Waals surface area (Å²) in [6.07, 6.45) is 7.00. The maximum Gasteiger partial charge on any atom is 0.0694 e. The SMILES string of the molecule is C=C(C1=NNCC1)c1cc(C2CC2)ccc1N1CCC2(CC1)Cc1ccccc1[C@H]2N. The van der Waals surface area contributed by atoms with Crippen molar-refractivity contribution in [2.75, 3.05) is 24.5 Å². The van der Waals surface area contributed by atoms with Gasteiger partial charge in [-0.1, -0.05) is 36.9 Å². The molecule has 6 rings (SSSR count). The van der Waals surface area contributed by atoms with Crippen LogP contribution in [0.2, 0.25) is 0 Å². The molecule has 1 saturated heterocycles. The van der Waals surface area contributed by atoms with Gasteiger partial charge in [0.1, 0.15) is 0 Å². The average molecular weight is 413 g/mol. The molecule has 0 unspecified atom stereocenters. The molecule has 2 aromatic rings. The number of hydrogen-bond acceptors (Lipinski definition) is 4. The van der Waals surface area contributed by atoms with Gasteiger partial charge in [0.05, 0.1) is 5.71 Å². The summed E-state index contributed by atoms with van der Waals surface area (Å²) in [4.78, 5) is 2.57. The van der Waals surface area contributed by atoms with E-state index in [-0.39, 0.29) is 11.5 Å². The number of rotatable bonds is 4. The van der Waals surface area contributed by atoms with Crippen LogP contribution in [-0.4, -0.2) is 25.3 Å². The number of anilines is 1. The van der Waals surface area contributed by atoms with E-state index in [0.29, 0.717) is 0 Å². The molecule has 0 bridgehead atoms. The molecule has 2 aliphatic heterocycles. The Morgan fingerprint density at radius 2 is 1.94 bits per heavy atom. The molecule has 2 fully saturated rings. The van der Waals surface area contributed by atoms with Crippen LogP contribution in [0.1, 0.15) is 66.3 Å². The van der Waals surface area contributed by atoms with Crippen LogP contribution in [0.3, 0.4) is 0 Å². The second-order valence-electron chi connectivity index (χ2n) is 9.95. The van der Waals surface area contributed by atoms with Gasteiger partial charge in [0.2, 0.25) is 0 Å². The van der Waals surface area contributed by atoms with Crippen molar-refractivity contribution < 1.29 is 0 Å². The highest BCUT2D eigenvalue weighted by Crippen LogP contribution is 2.51. The highest BCUT2D eigenvalue weighted by molar-refractivity contribution is 6.24. The minimum absolute atomic E-state index is 0.163. The van der Waals surface area contributed by atoms with Crippen LogP contribution in [-0.2, 0) is 6.42 Å². The number of hydrogen-bond donors (Lipinski definition) is 2. The van der Waals surface area contributed by atoms with Crippen molar-refractivity contribution in [1.29, 1.82) is 0 Å². The standard InChI is InChI=1S/C27H32N4/c1-18(24-10-13-29-30-24)23-16-20(19-6-7-19)8-9-25(23)31-14-11-27(12-15-31)17-21-4-2-3-5-22(21)26(27)28/h2-5,8-9,16,19,26,29H,1,6-7,10-15,17,28H2/t26-/m1/s1. The maximum absolute atomic E-state index is 6.81. The third kappa shape index (κ3) is 3.20. The summed E-state index contributed by atoms with van der Waals surface area (Å²) in [5.74, 6) is 0.740. The number of benzene rings is 2. The van der Waals surface area contributed by atoms with E-state index in [1.54, 1.807) is 0 Å². The van der Waals surface area contributed by atoms with Gasteiger partial charge in [0, 0.05) is 43.3 Å². The Labute approximate surface area is 185 Å². The van der Waals surface area contributed by atoms with Crippen LogP contribution < -0.4 is 16.1 Å². The van der Waals surface area contributed by atoms with Crippen molar-refractivity contribution in [3.05, 3.63) is 71.3 Å². The number of nitrogens with zero attached hydrogens (tertiary/aromatic N) is 2. The normalized spacial score (nSPS) is 24.1. The van der Waals surface area contributed by atoms with Crippen LogP contribution in [0.15, 0.2) is 54.1 Å². The lowest BCUT2D eigenvalue weighted by atomic mass is 9.73. The smallest absolute Gasteiger partial charge is 0.0694 e. The van der Waals surface area contributed by atoms with Crippen LogP contribution >= 0.6 is 0 Å². The van der Waals surface area contributed by atoms with Gasteiger partial charge in [0.25, 0.3) is 0 Å². The molecule has 0 radical (unpaired) electrons. The fourth-order valence-electron chi connectivity index (χ4n) is 6.00. The summed E-state index contributed by atoms with van der Waals surface area (Å²) in [6.45, 7) is 7.49. The van der Waals surface area contributed by atoms with Gasteiger partial charge in [-0.15, -0.1) is 0 Å². The molecule has 160 valence electrons. The summed E-state index contributed by atoms with van der Waals surface area (Å²) >= 11 is 0. The number of hydrazone groups is 1. The fraction of sp³-hybridized carbons (Fsp3) is 0.444. The monoisotopic (exact) mass is 412 g/mol. The van der Waals surface area contributed by atoms with Crippen LogP contribution in [0.25, 0.3) is 5.57 Å². The Balaban J connectivity index is 1.27. The number of piperidine rings is 1. The van der Waals surface area contributed by atoms with Crippen LogP contribution in [0.5, 0.6) is 0 Å². The van der Waals surface area contributed by atoms with Crippen LogP contribution in [0, 0.1) is 5.41 Å². The van der Waals surface area contributed by atoms with Gasteiger partial charge in [-0.2, -0.15) is 5.10 Å². The molecule has 4 aliphatic rings. The van der Waals surface area contributed by atoms with E-state index in [4.69, 9.17) is 5.73 Å². The zero-order valence-corrected chi connectivity index (χ0v) is 18.2. The average Bonchev–Trinajstić information content (AvgIpc) is 3.44. The predicted octanol–water partition coefficient (Wildman–Crippen LogP) is 4.77. The molecule has 2 aliphatic carbocycles. The first-order valence-electron chi connectivity index (χ1n) is 11.9. The van der Waals surface area contributed by atoms with E-state index < -0.39 is 0 Å². The maximum atomic E-state index is 6.81. The van der Waals surface area contributed by atoms with Gasteiger partial charge in [-0.05, 0) is 77.8 Å². The first-order valence-corrected chi connectivity index (χ1v) is 11.9. The molecule has 1 saturated carbocycles. The van der Waals surface area contributed by atoms with Gasteiger partial charge >= 0.3 is 0 Å². The number of nitrogens with one attached hydrogen (secondary N) is 1. The second-order valence-corrected chi connectivity index (χ2v) is 9.95. The van der Waals surface area contributed by atoms with E-state index in [1.165, 1.54) is 40.8 Å². The third-order valence-electron chi connectivity index (χ3n) is 8.12. The summed E-state index contributed by atoms with van der Waals surface area (Å²) in [5, 5.41) is 4.51. The van der Waals surface area contributed by atoms with E-state index in [0.717, 1.165) is 62.5 Å². The lowest BCUT2D eigenvalue weighted by Crippen LogP contribution is -2.44. The Kier molecular flexibility index (Phi) is 4.46. The molecular weight excluding hydrogens is 380 g/mol. The predicted molar refractivity (Wildman–Crippen MR) is 128 cm³/mol. The molecule has 3 N–H and O–H groups in total. The molecule has 2 heterocycles. The second kappa shape index (κ2) is 7.23. The Hall–Kier alpha value is -2.59. The lowest BCUT2D eigenvalue weighted by Gasteiger charge is -2.43. The Bertz CT molecular complexity index is 1060. The molecule has 0 amide bonds. The summed E-state index contributed by atoms with van der Waals surface area (Å²) in [6, 6.07) is 16.0. The van der Waals surface area contributed by atoms with Gasteiger partial charge in [0.15, 0.2) is 0 Å². The van der Waals surface area contributed by atoms with Gasteiger partial charge < -0.3 is 16.1 Å². The van der Waals surface area contributed by atoms with Gasteiger partial charge in [-0.3, -0.25) is 0 Å². The highest BCUT2D eigenvalue weighted by Gasteiger charge is 2.46. The molecule has 1 spiro atoms. The molecule has 4 heteroatoms. The number of fused-ring (bicyclic) bond motifs is 1. The largest absolute Gasteiger partial charge is 0.371 e. The van der Waals surface area contributed by atoms with E-state index >= 15 is 0 Å². The number of allylic oxidation sites excluding steroid dienone is 1. The first-order chi connectivity index (χ1) is 15.1. The zero-order valence-electron chi connectivity index (χ0n) is 18.2. The van der Waals surface area contributed by atoms with E-state index in [1.807, 2.05) is 0 Å². The Morgan fingerprint density at radius 3 is 2.65 bits per heavy atom. The topological polar surface area (TPSA) is 53.7 Å². The molecular formula is C27H32N4. The summed E-state index contributed by atoms with van der Waals surface area (Å²) in [7, 11) is 0. The van der Waals surface area contributed by atoms with E-state index in [9.17, 15) is 0 Å². The molecule has 1 atom stereocenters. The molecule has 31 heavy (non-hydrogen) atoms. The van der Waals surface area contributed by atoms with Crippen LogP contribution in [0.4, 0.5) is 5.69 Å². The first kappa shape index (κ1) is 19.1. The summed E-state index contributed by atoms with van der Waals surface area (Å²) in [5.41, 5.74) is 19.2. The van der Waals surface area contributed by atoms with Crippen molar-refractivity contribution in [3.8, 4) is 0 Å². The quantitative estimate of drug-likeness (QED) is 0.761. The minimum Gasteiger partial charge on any atom is -0.371 e.